The number of thiophene rings is 1. The van der Waals surface area contributed by atoms with Gasteiger partial charge in [0.15, 0.2) is 0 Å². The van der Waals surface area contributed by atoms with Gasteiger partial charge in [0.25, 0.3) is 5.91 Å². The lowest BCUT2D eigenvalue weighted by atomic mass is 9.98. The SMILES string of the molecule is COc1ccc(-c2cc(-c3ccc(C)cc3)c3c(N)c(C(=O)NCc4ccc(F)cc4)sc3n2)cc1. The molecule has 5 aromatic rings. The summed E-state index contributed by atoms with van der Waals surface area (Å²) in [5, 5.41) is 3.65. The highest BCUT2D eigenvalue weighted by Crippen LogP contribution is 2.41. The number of carbonyl (C=O) groups is 1. The molecule has 2 heterocycles. The molecule has 0 fully saturated rings. The molecule has 0 aliphatic heterocycles. The molecule has 0 unspecified atom stereocenters. The molecule has 0 atom stereocenters. The van der Waals surface area contributed by atoms with Crippen LogP contribution < -0.4 is 15.8 Å². The summed E-state index contributed by atoms with van der Waals surface area (Å²) in [7, 11) is 1.63. The third-order valence-corrected chi connectivity index (χ3v) is 7.12. The number of nitrogen functional groups attached to an aromatic ring is 1. The minimum absolute atomic E-state index is 0.266. The fraction of sp³-hybridized carbons (Fsp3) is 0.103. The van der Waals surface area contributed by atoms with Crippen LogP contribution in [-0.2, 0) is 6.54 Å². The molecule has 5 rings (SSSR count). The van der Waals surface area contributed by atoms with E-state index in [1.807, 2.05) is 61.5 Å². The number of benzene rings is 3. The van der Waals surface area contributed by atoms with E-state index in [4.69, 9.17) is 15.5 Å². The lowest BCUT2D eigenvalue weighted by molar-refractivity contribution is 0.0956. The molecule has 0 spiro atoms. The van der Waals surface area contributed by atoms with Crippen molar-refractivity contribution in [2.45, 2.75) is 13.5 Å². The van der Waals surface area contributed by atoms with Crippen molar-refractivity contribution in [1.29, 1.82) is 0 Å². The number of methoxy groups -OCH3 is 1. The van der Waals surface area contributed by atoms with E-state index < -0.39 is 0 Å². The lowest BCUT2D eigenvalue weighted by Crippen LogP contribution is -2.22. The molecule has 1 amide bonds. The normalized spacial score (nSPS) is 11.0. The molecule has 180 valence electrons. The summed E-state index contributed by atoms with van der Waals surface area (Å²) in [6, 6.07) is 23.9. The van der Waals surface area contributed by atoms with Gasteiger partial charge in [0, 0.05) is 17.5 Å². The number of hydrogen-bond donors (Lipinski definition) is 2. The fourth-order valence-corrected chi connectivity index (χ4v) is 5.06. The number of hydrogen-bond acceptors (Lipinski definition) is 5. The number of nitrogens with zero attached hydrogens (tertiary/aromatic N) is 1. The summed E-state index contributed by atoms with van der Waals surface area (Å²) >= 11 is 1.27. The van der Waals surface area contributed by atoms with Gasteiger partial charge in [0.05, 0.1) is 18.5 Å². The molecule has 0 saturated carbocycles. The van der Waals surface area contributed by atoms with Gasteiger partial charge in [-0.05, 0) is 66.1 Å². The van der Waals surface area contributed by atoms with E-state index in [9.17, 15) is 9.18 Å². The second-order valence-electron chi connectivity index (χ2n) is 8.48. The number of halogens is 1. The zero-order valence-corrected chi connectivity index (χ0v) is 20.7. The topological polar surface area (TPSA) is 77.2 Å². The van der Waals surface area contributed by atoms with Crippen LogP contribution in [0.5, 0.6) is 5.75 Å². The summed E-state index contributed by atoms with van der Waals surface area (Å²) in [6.07, 6.45) is 0. The molecule has 3 aromatic carbocycles. The van der Waals surface area contributed by atoms with E-state index >= 15 is 0 Å². The average molecular weight is 498 g/mol. The summed E-state index contributed by atoms with van der Waals surface area (Å²) in [4.78, 5) is 19.1. The van der Waals surface area contributed by atoms with E-state index in [1.165, 1.54) is 23.5 Å². The third kappa shape index (κ3) is 4.65. The Morgan fingerprint density at radius 3 is 2.33 bits per heavy atom. The first-order valence-corrected chi connectivity index (χ1v) is 12.2. The number of nitrogens with one attached hydrogen (secondary N) is 1. The number of amides is 1. The zero-order valence-electron chi connectivity index (χ0n) is 19.8. The van der Waals surface area contributed by atoms with Crippen molar-refractivity contribution in [3.8, 4) is 28.1 Å². The van der Waals surface area contributed by atoms with Crippen LogP contribution in [0.15, 0.2) is 78.9 Å². The maximum atomic E-state index is 13.2. The Hall–Kier alpha value is -4.23. The first-order valence-electron chi connectivity index (χ1n) is 11.4. The maximum absolute atomic E-state index is 13.2. The van der Waals surface area contributed by atoms with Gasteiger partial charge in [-0.2, -0.15) is 0 Å². The molecule has 0 saturated heterocycles. The van der Waals surface area contributed by atoms with Crippen LogP contribution >= 0.6 is 11.3 Å². The number of aromatic nitrogens is 1. The number of ether oxygens (including phenoxy) is 1. The van der Waals surface area contributed by atoms with Crippen LogP contribution in [0, 0.1) is 12.7 Å². The van der Waals surface area contributed by atoms with Gasteiger partial charge in [0.1, 0.15) is 21.3 Å². The first-order chi connectivity index (χ1) is 17.4. The fourth-order valence-electron chi connectivity index (χ4n) is 4.02. The second kappa shape index (κ2) is 9.79. The largest absolute Gasteiger partial charge is 0.497 e. The molecule has 0 bridgehead atoms. The van der Waals surface area contributed by atoms with Crippen LogP contribution in [0.25, 0.3) is 32.6 Å². The smallest absolute Gasteiger partial charge is 0.263 e. The van der Waals surface area contributed by atoms with Crippen molar-refractivity contribution < 1.29 is 13.9 Å². The van der Waals surface area contributed by atoms with E-state index in [2.05, 4.69) is 5.32 Å². The first kappa shape index (κ1) is 23.5. The van der Waals surface area contributed by atoms with Crippen molar-refractivity contribution in [2.75, 3.05) is 12.8 Å². The van der Waals surface area contributed by atoms with Crippen molar-refractivity contribution in [3.05, 3.63) is 101 Å². The molecule has 36 heavy (non-hydrogen) atoms. The number of carbonyl (C=O) groups excluding carboxylic acids is 1. The number of aryl methyl sites for hydroxylation is 1. The molecular formula is C29H24FN3O2S. The van der Waals surface area contributed by atoms with Crippen molar-refractivity contribution in [3.63, 3.8) is 0 Å². The predicted octanol–water partition coefficient (Wildman–Crippen LogP) is 6.60. The van der Waals surface area contributed by atoms with Gasteiger partial charge in [0.2, 0.25) is 0 Å². The Kier molecular flexibility index (Phi) is 6.40. The average Bonchev–Trinajstić information content (AvgIpc) is 3.24. The van der Waals surface area contributed by atoms with Gasteiger partial charge in [-0.15, -0.1) is 11.3 Å². The quantitative estimate of drug-likeness (QED) is 0.277. The minimum Gasteiger partial charge on any atom is -0.497 e. The molecule has 3 N–H and O–H groups in total. The molecular weight excluding hydrogens is 473 g/mol. The van der Waals surface area contributed by atoms with Crippen LogP contribution in [0.4, 0.5) is 10.1 Å². The molecule has 5 nitrogen and oxygen atoms in total. The van der Waals surface area contributed by atoms with Gasteiger partial charge in [-0.3, -0.25) is 4.79 Å². The zero-order chi connectivity index (χ0) is 25.2. The molecule has 7 heteroatoms. The van der Waals surface area contributed by atoms with Crippen molar-refractivity contribution in [2.24, 2.45) is 0 Å². The molecule has 0 radical (unpaired) electrons. The number of anilines is 1. The van der Waals surface area contributed by atoms with E-state index in [0.717, 1.165) is 44.6 Å². The van der Waals surface area contributed by atoms with E-state index in [1.54, 1.807) is 19.2 Å². The molecule has 2 aromatic heterocycles. The summed E-state index contributed by atoms with van der Waals surface area (Å²) in [5.41, 5.74) is 12.5. The Morgan fingerprint density at radius 2 is 1.67 bits per heavy atom. The number of nitrogens with two attached hydrogens (primary N) is 1. The number of fused-ring (bicyclic) bond motifs is 1. The Bertz CT molecular complexity index is 1540. The molecule has 0 aliphatic rings. The lowest BCUT2D eigenvalue weighted by Gasteiger charge is -2.10. The standard InChI is InChI=1S/C29H24FN3O2S/c1-17-3-7-19(8-4-17)23-15-24(20-9-13-22(35-2)14-10-20)33-29-25(23)26(31)27(36-29)28(34)32-16-18-5-11-21(30)12-6-18/h3-15H,16,31H2,1-2H3,(H,32,34). The van der Waals surface area contributed by atoms with Gasteiger partial charge in [-0.25, -0.2) is 9.37 Å². The van der Waals surface area contributed by atoms with Crippen LogP contribution in [0.3, 0.4) is 0 Å². The third-order valence-electron chi connectivity index (χ3n) is 6.02. The molecule has 0 aliphatic carbocycles. The summed E-state index contributed by atoms with van der Waals surface area (Å²) in [6.45, 7) is 2.30. The number of rotatable bonds is 6. The predicted molar refractivity (Wildman–Crippen MR) is 144 cm³/mol. The maximum Gasteiger partial charge on any atom is 0.263 e. The monoisotopic (exact) mass is 497 g/mol. The highest BCUT2D eigenvalue weighted by Gasteiger charge is 2.21. The summed E-state index contributed by atoms with van der Waals surface area (Å²) < 4.78 is 18.5. The van der Waals surface area contributed by atoms with Crippen molar-refractivity contribution >= 4 is 33.1 Å². The Labute approximate surface area is 212 Å². The highest BCUT2D eigenvalue weighted by atomic mass is 32.1. The van der Waals surface area contributed by atoms with Crippen LogP contribution in [0.1, 0.15) is 20.8 Å². The highest BCUT2D eigenvalue weighted by molar-refractivity contribution is 7.21. The Morgan fingerprint density at radius 1 is 1.00 bits per heavy atom. The van der Waals surface area contributed by atoms with E-state index in [-0.39, 0.29) is 18.3 Å². The summed E-state index contributed by atoms with van der Waals surface area (Å²) in [5.74, 6) is 0.154. The minimum atomic E-state index is -0.318. The Balaban J connectivity index is 1.58. The van der Waals surface area contributed by atoms with Crippen LogP contribution in [-0.4, -0.2) is 18.0 Å². The number of pyridine rings is 1. The van der Waals surface area contributed by atoms with Gasteiger partial charge in [-0.1, -0.05) is 42.0 Å². The van der Waals surface area contributed by atoms with Gasteiger partial charge >= 0.3 is 0 Å². The van der Waals surface area contributed by atoms with E-state index in [0.29, 0.717) is 15.4 Å². The second-order valence-corrected chi connectivity index (χ2v) is 9.48. The van der Waals surface area contributed by atoms with Crippen LogP contribution in [0.2, 0.25) is 0 Å². The van der Waals surface area contributed by atoms with Gasteiger partial charge < -0.3 is 15.8 Å². The van der Waals surface area contributed by atoms with Crippen molar-refractivity contribution in [1.82, 2.24) is 10.3 Å².